The standard InChI is InChI=1S/C15H18N2O4/c1-10(18)11-4-5-13(21-3)12(8-11)9-17-7-6-16(2)14(19)15(17)20/h4-8,10,18H,9H2,1-3H3. The molecule has 0 fully saturated rings. The summed E-state index contributed by atoms with van der Waals surface area (Å²) in [5, 5.41) is 9.65. The van der Waals surface area contributed by atoms with Crippen molar-refractivity contribution in [3.63, 3.8) is 0 Å². The first-order valence-corrected chi connectivity index (χ1v) is 6.55. The molecule has 0 aliphatic carbocycles. The zero-order chi connectivity index (χ0) is 15.6. The number of nitrogens with zero attached hydrogens (tertiary/aromatic N) is 2. The first kappa shape index (κ1) is 15.1. The van der Waals surface area contributed by atoms with Crippen LogP contribution in [-0.4, -0.2) is 21.4 Å². The summed E-state index contributed by atoms with van der Waals surface area (Å²) in [4.78, 5) is 23.6. The van der Waals surface area contributed by atoms with Gasteiger partial charge in [0.15, 0.2) is 0 Å². The predicted octanol–water partition coefficient (Wildman–Crippen LogP) is 0.657. The molecule has 1 unspecified atom stereocenters. The molecule has 0 bridgehead atoms. The molecule has 0 aliphatic rings. The van der Waals surface area contributed by atoms with E-state index < -0.39 is 17.2 Å². The van der Waals surface area contributed by atoms with Crippen molar-refractivity contribution in [2.45, 2.75) is 19.6 Å². The van der Waals surface area contributed by atoms with Crippen LogP contribution >= 0.6 is 0 Å². The summed E-state index contributed by atoms with van der Waals surface area (Å²) in [5.41, 5.74) is 0.279. The second kappa shape index (κ2) is 5.97. The lowest BCUT2D eigenvalue weighted by atomic mass is 10.1. The minimum absolute atomic E-state index is 0.207. The van der Waals surface area contributed by atoms with Crippen LogP contribution in [0.4, 0.5) is 0 Å². The molecule has 2 rings (SSSR count). The maximum Gasteiger partial charge on any atom is 0.316 e. The van der Waals surface area contributed by atoms with Gasteiger partial charge in [0.2, 0.25) is 0 Å². The molecule has 1 aromatic heterocycles. The van der Waals surface area contributed by atoms with Gasteiger partial charge in [0.25, 0.3) is 0 Å². The third-order valence-electron chi connectivity index (χ3n) is 3.36. The maximum absolute atomic E-state index is 12.0. The summed E-state index contributed by atoms with van der Waals surface area (Å²) < 4.78 is 7.83. The number of benzene rings is 1. The highest BCUT2D eigenvalue weighted by atomic mass is 16.5. The Morgan fingerprint density at radius 3 is 2.57 bits per heavy atom. The Bertz CT molecular complexity index is 759. The van der Waals surface area contributed by atoms with Crippen molar-refractivity contribution in [3.05, 3.63) is 62.4 Å². The van der Waals surface area contributed by atoms with E-state index >= 15 is 0 Å². The summed E-state index contributed by atoms with van der Waals surface area (Å²) in [6.07, 6.45) is 2.47. The molecule has 1 N–H and O–H groups in total. The fourth-order valence-electron chi connectivity index (χ4n) is 2.08. The van der Waals surface area contributed by atoms with Gasteiger partial charge in [-0.2, -0.15) is 0 Å². The smallest absolute Gasteiger partial charge is 0.316 e. The zero-order valence-electron chi connectivity index (χ0n) is 12.2. The lowest BCUT2D eigenvalue weighted by molar-refractivity contribution is 0.199. The number of hydrogen-bond acceptors (Lipinski definition) is 4. The van der Waals surface area contributed by atoms with E-state index in [1.807, 2.05) is 0 Å². The molecule has 21 heavy (non-hydrogen) atoms. The first-order valence-electron chi connectivity index (χ1n) is 6.55. The van der Waals surface area contributed by atoms with Crippen LogP contribution in [0.25, 0.3) is 0 Å². The molecule has 6 nitrogen and oxygen atoms in total. The van der Waals surface area contributed by atoms with Crippen LogP contribution in [0.15, 0.2) is 40.2 Å². The van der Waals surface area contributed by atoms with Crippen LogP contribution in [0.3, 0.4) is 0 Å². The maximum atomic E-state index is 12.0. The zero-order valence-corrected chi connectivity index (χ0v) is 12.2. The number of aliphatic hydroxyl groups excluding tert-OH is 1. The molecule has 112 valence electrons. The Kier molecular flexibility index (Phi) is 4.28. The van der Waals surface area contributed by atoms with Crippen molar-refractivity contribution in [1.82, 2.24) is 9.13 Å². The van der Waals surface area contributed by atoms with Crippen molar-refractivity contribution in [1.29, 1.82) is 0 Å². The highest BCUT2D eigenvalue weighted by Crippen LogP contribution is 2.23. The number of aromatic nitrogens is 2. The van der Waals surface area contributed by atoms with Crippen molar-refractivity contribution < 1.29 is 9.84 Å². The number of methoxy groups -OCH3 is 1. The fourth-order valence-corrected chi connectivity index (χ4v) is 2.08. The molecule has 1 atom stereocenters. The van der Waals surface area contributed by atoms with E-state index in [2.05, 4.69) is 0 Å². The highest BCUT2D eigenvalue weighted by molar-refractivity contribution is 5.38. The van der Waals surface area contributed by atoms with Crippen LogP contribution in [0.1, 0.15) is 24.2 Å². The van der Waals surface area contributed by atoms with E-state index in [0.29, 0.717) is 5.75 Å². The fraction of sp³-hybridized carbons (Fsp3) is 0.333. The van der Waals surface area contributed by atoms with Gasteiger partial charge in [-0.3, -0.25) is 9.59 Å². The summed E-state index contributed by atoms with van der Waals surface area (Å²) in [6, 6.07) is 5.27. The Morgan fingerprint density at radius 1 is 1.24 bits per heavy atom. The second-order valence-electron chi connectivity index (χ2n) is 4.89. The van der Waals surface area contributed by atoms with Crippen molar-refractivity contribution in [2.75, 3.05) is 7.11 Å². The van der Waals surface area contributed by atoms with Crippen LogP contribution < -0.4 is 15.9 Å². The monoisotopic (exact) mass is 290 g/mol. The minimum atomic E-state index is -0.616. The molecule has 2 aromatic rings. The van der Waals surface area contributed by atoms with E-state index in [4.69, 9.17) is 4.74 Å². The third kappa shape index (κ3) is 3.05. The average Bonchev–Trinajstić information content (AvgIpc) is 2.47. The van der Waals surface area contributed by atoms with Crippen LogP contribution in [0.2, 0.25) is 0 Å². The topological polar surface area (TPSA) is 73.5 Å². The highest BCUT2D eigenvalue weighted by Gasteiger charge is 2.10. The van der Waals surface area contributed by atoms with Gasteiger partial charge in [-0.1, -0.05) is 6.07 Å². The molecule has 0 saturated heterocycles. The normalized spacial score (nSPS) is 12.2. The third-order valence-corrected chi connectivity index (χ3v) is 3.36. The van der Waals surface area contributed by atoms with E-state index in [0.717, 1.165) is 11.1 Å². The van der Waals surface area contributed by atoms with Crippen molar-refractivity contribution in [2.24, 2.45) is 7.05 Å². The predicted molar refractivity (Wildman–Crippen MR) is 78.7 cm³/mol. The van der Waals surface area contributed by atoms with Gasteiger partial charge in [0, 0.05) is 25.0 Å². The van der Waals surface area contributed by atoms with E-state index in [-0.39, 0.29) is 6.54 Å². The van der Waals surface area contributed by atoms with Gasteiger partial charge >= 0.3 is 11.1 Å². The summed E-state index contributed by atoms with van der Waals surface area (Å²) in [6.45, 7) is 1.87. The number of rotatable bonds is 4. The van der Waals surface area contributed by atoms with Crippen LogP contribution in [0.5, 0.6) is 5.75 Å². The summed E-state index contributed by atoms with van der Waals surface area (Å²) in [5.74, 6) is 0.604. The van der Waals surface area contributed by atoms with Gasteiger partial charge in [0.1, 0.15) is 5.75 Å². The molecule has 0 spiro atoms. The number of aryl methyl sites for hydroxylation is 1. The van der Waals surface area contributed by atoms with Crippen LogP contribution in [0, 0.1) is 0 Å². The first-order chi connectivity index (χ1) is 9.93. The Balaban J connectivity index is 2.48. The Morgan fingerprint density at radius 2 is 1.95 bits per heavy atom. The summed E-state index contributed by atoms with van der Waals surface area (Å²) >= 11 is 0. The molecular weight excluding hydrogens is 272 g/mol. The molecule has 0 amide bonds. The van der Waals surface area contributed by atoms with Crippen LogP contribution in [-0.2, 0) is 13.6 Å². The molecule has 6 heteroatoms. The van der Waals surface area contributed by atoms with E-state index in [1.165, 1.54) is 29.5 Å². The van der Waals surface area contributed by atoms with Gasteiger partial charge < -0.3 is 19.0 Å². The average molecular weight is 290 g/mol. The molecular formula is C15H18N2O4. The van der Waals surface area contributed by atoms with E-state index in [9.17, 15) is 14.7 Å². The van der Waals surface area contributed by atoms with Gasteiger partial charge in [-0.15, -0.1) is 0 Å². The number of ether oxygens (including phenoxy) is 1. The Hall–Kier alpha value is -2.34. The number of aliphatic hydroxyl groups is 1. The lowest BCUT2D eigenvalue weighted by Gasteiger charge is -2.13. The minimum Gasteiger partial charge on any atom is -0.496 e. The van der Waals surface area contributed by atoms with Gasteiger partial charge in [-0.25, -0.2) is 0 Å². The largest absolute Gasteiger partial charge is 0.496 e. The quantitative estimate of drug-likeness (QED) is 0.839. The number of hydrogen-bond donors (Lipinski definition) is 1. The SMILES string of the molecule is COc1ccc(C(C)O)cc1Cn1ccn(C)c(=O)c1=O. The molecule has 0 saturated carbocycles. The lowest BCUT2D eigenvalue weighted by Crippen LogP contribution is -2.39. The molecule has 1 heterocycles. The summed E-state index contributed by atoms with van der Waals surface area (Å²) in [7, 11) is 3.07. The molecule has 0 radical (unpaired) electrons. The van der Waals surface area contributed by atoms with Gasteiger partial charge in [-0.05, 0) is 24.6 Å². The van der Waals surface area contributed by atoms with E-state index in [1.54, 1.807) is 31.3 Å². The van der Waals surface area contributed by atoms with Gasteiger partial charge in [0.05, 0.1) is 19.8 Å². The Labute approximate surface area is 121 Å². The van der Waals surface area contributed by atoms with Crippen molar-refractivity contribution in [3.8, 4) is 5.75 Å². The molecule has 0 aliphatic heterocycles. The second-order valence-corrected chi connectivity index (χ2v) is 4.89. The molecule has 1 aromatic carbocycles. The van der Waals surface area contributed by atoms with Crippen molar-refractivity contribution >= 4 is 0 Å².